The van der Waals surface area contributed by atoms with Gasteiger partial charge in [0.05, 0.1) is 11.4 Å². The summed E-state index contributed by atoms with van der Waals surface area (Å²) in [5.41, 5.74) is 4.21. The Morgan fingerprint density at radius 2 is 1.14 bits per heavy atom. The highest BCUT2D eigenvalue weighted by Gasteiger charge is 2.00. The molecule has 0 fully saturated rings. The van der Waals surface area contributed by atoms with Crippen LogP contribution in [-0.2, 0) is 0 Å². The smallest absolute Gasteiger partial charge is 0.0858 e. The molecule has 22 heavy (non-hydrogen) atoms. The minimum atomic E-state index is 0.876. The SMILES string of the molecule is CC.CCN(CC)c1ccc(N=Nc2ccc(C)cc2)cc1. The Kier molecular flexibility index (Phi) is 7.90. The van der Waals surface area contributed by atoms with Gasteiger partial charge in [0, 0.05) is 18.8 Å². The van der Waals surface area contributed by atoms with Gasteiger partial charge in [0.15, 0.2) is 0 Å². The Bertz CT molecular complexity index is 552. The first-order valence-electron chi connectivity index (χ1n) is 8.06. The summed E-state index contributed by atoms with van der Waals surface area (Å²) in [7, 11) is 0. The number of rotatable bonds is 5. The molecule has 2 aromatic carbocycles. The predicted molar refractivity (Wildman–Crippen MR) is 96.7 cm³/mol. The first kappa shape index (κ1) is 17.9. The van der Waals surface area contributed by atoms with Gasteiger partial charge in [0.2, 0.25) is 0 Å². The van der Waals surface area contributed by atoms with Gasteiger partial charge in [-0.05, 0) is 57.2 Å². The van der Waals surface area contributed by atoms with Crippen LogP contribution < -0.4 is 4.90 Å². The van der Waals surface area contributed by atoms with E-state index in [1.165, 1.54) is 11.3 Å². The van der Waals surface area contributed by atoms with Gasteiger partial charge in [-0.1, -0.05) is 31.5 Å². The molecule has 118 valence electrons. The fourth-order valence-electron chi connectivity index (χ4n) is 2.05. The normalized spacial score (nSPS) is 10.2. The minimum absolute atomic E-state index is 0.876. The Morgan fingerprint density at radius 3 is 1.55 bits per heavy atom. The van der Waals surface area contributed by atoms with Crippen molar-refractivity contribution < 1.29 is 0 Å². The molecule has 0 atom stereocenters. The van der Waals surface area contributed by atoms with Crippen LogP contribution >= 0.6 is 0 Å². The standard InChI is InChI=1S/C17H21N3.C2H6/c1-4-20(5-2)17-12-10-16(11-13-17)19-18-15-8-6-14(3)7-9-15;1-2/h6-13H,4-5H2,1-3H3;1-2H3. The third kappa shape index (κ3) is 5.32. The van der Waals surface area contributed by atoms with Gasteiger partial charge in [-0.3, -0.25) is 0 Å². The number of anilines is 1. The zero-order chi connectivity index (χ0) is 16.4. The third-order valence-corrected chi connectivity index (χ3v) is 3.29. The fraction of sp³-hybridized carbons (Fsp3) is 0.368. The van der Waals surface area contributed by atoms with Crippen LogP contribution in [0.25, 0.3) is 0 Å². The second-order valence-corrected chi connectivity index (χ2v) is 4.72. The maximum absolute atomic E-state index is 4.26. The van der Waals surface area contributed by atoms with E-state index in [0.29, 0.717) is 0 Å². The van der Waals surface area contributed by atoms with Crippen LogP contribution in [0.15, 0.2) is 58.8 Å². The highest BCUT2D eigenvalue weighted by Crippen LogP contribution is 2.22. The molecule has 0 saturated carbocycles. The predicted octanol–water partition coefficient (Wildman–Crippen LogP) is 6.28. The minimum Gasteiger partial charge on any atom is -0.372 e. The van der Waals surface area contributed by atoms with E-state index in [-0.39, 0.29) is 0 Å². The largest absolute Gasteiger partial charge is 0.372 e. The van der Waals surface area contributed by atoms with Crippen molar-refractivity contribution in [2.45, 2.75) is 34.6 Å². The van der Waals surface area contributed by atoms with Crippen molar-refractivity contribution in [2.75, 3.05) is 18.0 Å². The summed E-state index contributed by atoms with van der Waals surface area (Å²) in [6.45, 7) is 12.4. The highest BCUT2D eigenvalue weighted by atomic mass is 15.1. The van der Waals surface area contributed by atoms with Crippen molar-refractivity contribution in [2.24, 2.45) is 10.2 Å². The molecule has 0 unspecified atom stereocenters. The second-order valence-electron chi connectivity index (χ2n) is 4.72. The molecule has 3 nitrogen and oxygen atoms in total. The van der Waals surface area contributed by atoms with Crippen LogP contribution in [0.1, 0.15) is 33.3 Å². The summed E-state index contributed by atoms with van der Waals surface area (Å²) < 4.78 is 0. The summed E-state index contributed by atoms with van der Waals surface area (Å²) in [4.78, 5) is 2.31. The molecule has 0 aromatic heterocycles. The summed E-state index contributed by atoms with van der Waals surface area (Å²) in [6.07, 6.45) is 0. The van der Waals surface area contributed by atoms with Gasteiger partial charge in [-0.25, -0.2) is 0 Å². The lowest BCUT2D eigenvalue weighted by atomic mass is 10.2. The molecule has 0 heterocycles. The molecule has 0 radical (unpaired) electrons. The zero-order valence-electron chi connectivity index (χ0n) is 14.4. The van der Waals surface area contributed by atoms with E-state index in [1.807, 2.05) is 50.2 Å². The van der Waals surface area contributed by atoms with Gasteiger partial charge in [0.1, 0.15) is 0 Å². The van der Waals surface area contributed by atoms with E-state index in [9.17, 15) is 0 Å². The van der Waals surface area contributed by atoms with E-state index in [0.717, 1.165) is 24.5 Å². The highest BCUT2D eigenvalue weighted by molar-refractivity contribution is 5.52. The van der Waals surface area contributed by atoms with Crippen molar-refractivity contribution in [1.82, 2.24) is 0 Å². The van der Waals surface area contributed by atoms with Crippen LogP contribution in [0.2, 0.25) is 0 Å². The Labute approximate surface area is 134 Å². The lowest BCUT2D eigenvalue weighted by molar-refractivity contribution is 0.866. The first-order chi connectivity index (χ1) is 10.7. The maximum atomic E-state index is 4.26. The number of benzene rings is 2. The van der Waals surface area contributed by atoms with Crippen molar-refractivity contribution in [3.8, 4) is 0 Å². The summed E-state index contributed by atoms with van der Waals surface area (Å²) >= 11 is 0. The number of azo groups is 1. The van der Waals surface area contributed by atoms with Gasteiger partial charge in [-0.2, -0.15) is 10.2 Å². The molecule has 2 aromatic rings. The Balaban J connectivity index is 0.00000116. The number of nitrogens with zero attached hydrogens (tertiary/aromatic N) is 3. The van der Waals surface area contributed by atoms with Crippen LogP contribution in [0.4, 0.5) is 17.1 Å². The zero-order valence-corrected chi connectivity index (χ0v) is 14.4. The van der Waals surface area contributed by atoms with Crippen molar-refractivity contribution in [1.29, 1.82) is 0 Å². The number of aryl methyl sites for hydroxylation is 1. The number of hydrogen-bond donors (Lipinski definition) is 0. The van der Waals surface area contributed by atoms with E-state index >= 15 is 0 Å². The fourth-order valence-corrected chi connectivity index (χ4v) is 2.05. The number of hydrogen-bond acceptors (Lipinski definition) is 3. The van der Waals surface area contributed by atoms with Crippen LogP contribution in [0, 0.1) is 6.92 Å². The van der Waals surface area contributed by atoms with E-state index in [4.69, 9.17) is 0 Å². The van der Waals surface area contributed by atoms with Crippen LogP contribution in [0.3, 0.4) is 0 Å². The second kappa shape index (κ2) is 9.72. The summed E-state index contributed by atoms with van der Waals surface area (Å²) in [6, 6.07) is 16.2. The quantitative estimate of drug-likeness (QED) is 0.596. The molecule has 0 bridgehead atoms. The molecular weight excluding hydrogens is 270 g/mol. The summed E-state index contributed by atoms with van der Waals surface area (Å²) in [5, 5.41) is 8.51. The van der Waals surface area contributed by atoms with Gasteiger partial charge < -0.3 is 4.90 Å². The van der Waals surface area contributed by atoms with Crippen molar-refractivity contribution >= 4 is 17.1 Å². The van der Waals surface area contributed by atoms with Gasteiger partial charge in [0.25, 0.3) is 0 Å². The molecular formula is C19H27N3. The Morgan fingerprint density at radius 1 is 0.727 bits per heavy atom. The summed E-state index contributed by atoms with van der Waals surface area (Å²) in [5.74, 6) is 0. The Hall–Kier alpha value is -2.16. The molecule has 0 saturated heterocycles. The monoisotopic (exact) mass is 297 g/mol. The van der Waals surface area contributed by atoms with Crippen molar-refractivity contribution in [3.63, 3.8) is 0 Å². The average Bonchev–Trinajstić information content (AvgIpc) is 2.58. The van der Waals surface area contributed by atoms with Crippen LogP contribution in [-0.4, -0.2) is 13.1 Å². The lowest BCUT2D eigenvalue weighted by Crippen LogP contribution is -2.21. The van der Waals surface area contributed by atoms with Crippen molar-refractivity contribution in [3.05, 3.63) is 54.1 Å². The lowest BCUT2D eigenvalue weighted by Gasteiger charge is -2.20. The maximum Gasteiger partial charge on any atom is 0.0858 e. The van der Waals surface area contributed by atoms with Crippen LogP contribution in [0.5, 0.6) is 0 Å². The molecule has 0 amide bonds. The van der Waals surface area contributed by atoms with Gasteiger partial charge >= 0.3 is 0 Å². The molecule has 0 aliphatic heterocycles. The van der Waals surface area contributed by atoms with E-state index in [2.05, 4.69) is 48.0 Å². The van der Waals surface area contributed by atoms with E-state index < -0.39 is 0 Å². The topological polar surface area (TPSA) is 28.0 Å². The molecule has 0 N–H and O–H groups in total. The van der Waals surface area contributed by atoms with E-state index in [1.54, 1.807) is 0 Å². The first-order valence-corrected chi connectivity index (χ1v) is 8.06. The van der Waals surface area contributed by atoms with Gasteiger partial charge in [-0.15, -0.1) is 0 Å². The molecule has 0 aliphatic carbocycles. The average molecular weight is 297 g/mol. The molecule has 2 rings (SSSR count). The third-order valence-electron chi connectivity index (χ3n) is 3.29. The molecule has 0 spiro atoms. The molecule has 3 heteroatoms. The molecule has 0 aliphatic rings.